The summed E-state index contributed by atoms with van der Waals surface area (Å²) in [5.41, 5.74) is 3.59. The van der Waals surface area contributed by atoms with Gasteiger partial charge >= 0.3 is 0 Å². The molecule has 6 nitrogen and oxygen atoms in total. The third kappa shape index (κ3) is 4.18. The van der Waals surface area contributed by atoms with Crippen LogP contribution in [-0.2, 0) is 6.54 Å². The molecule has 1 aromatic carbocycles. The highest BCUT2D eigenvalue weighted by molar-refractivity contribution is 5.52. The van der Waals surface area contributed by atoms with Crippen molar-refractivity contribution in [3.05, 3.63) is 59.9 Å². The molecule has 1 aliphatic rings. The van der Waals surface area contributed by atoms with E-state index in [1.54, 1.807) is 0 Å². The number of hydrogen-bond donors (Lipinski definition) is 1. The van der Waals surface area contributed by atoms with E-state index in [9.17, 15) is 0 Å². The average Bonchev–Trinajstić information content (AvgIpc) is 3.17. The normalized spacial score (nSPS) is 17.9. The van der Waals surface area contributed by atoms with Crippen LogP contribution < -0.4 is 10.2 Å². The number of nitrogens with one attached hydrogen (secondary N) is 1. The van der Waals surface area contributed by atoms with Crippen molar-refractivity contribution >= 4 is 11.5 Å². The number of benzene rings is 1. The van der Waals surface area contributed by atoms with Gasteiger partial charge in [-0.1, -0.05) is 30.3 Å². The molecule has 0 bridgehead atoms. The molecule has 2 aromatic heterocycles. The van der Waals surface area contributed by atoms with Gasteiger partial charge in [-0.2, -0.15) is 0 Å². The predicted molar refractivity (Wildman–Crippen MR) is 114 cm³/mol. The van der Waals surface area contributed by atoms with Gasteiger partial charge in [-0.15, -0.1) is 5.10 Å². The Labute approximate surface area is 167 Å². The van der Waals surface area contributed by atoms with E-state index in [4.69, 9.17) is 5.10 Å². The second-order valence-corrected chi connectivity index (χ2v) is 7.73. The molecule has 1 N–H and O–H groups in total. The second-order valence-electron chi connectivity index (χ2n) is 7.73. The largest absolute Gasteiger partial charge is 0.357 e. The van der Waals surface area contributed by atoms with E-state index in [1.165, 1.54) is 24.1 Å². The summed E-state index contributed by atoms with van der Waals surface area (Å²) in [5.74, 6) is 1.46. The first kappa shape index (κ1) is 18.9. The Balaban J connectivity index is 1.53. The zero-order valence-corrected chi connectivity index (χ0v) is 16.9. The van der Waals surface area contributed by atoms with E-state index in [0.717, 1.165) is 44.2 Å². The zero-order valence-electron chi connectivity index (χ0n) is 16.9. The molecule has 1 atom stereocenters. The highest BCUT2D eigenvalue weighted by atomic mass is 15.3. The lowest BCUT2D eigenvalue weighted by molar-refractivity contribution is 0.197. The first-order chi connectivity index (χ1) is 13.7. The first-order valence-electron chi connectivity index (χ1n) is 10.2. The molecule has 0 saturated carbocycles. The molecule has 3 heterocycles. The minimum atomic E-state index is 0.485. The van der Waals surface area contributed by atoms with Gasteiger partial charge in [0.15, 0.2) is 11.5 Å². The van der Waals surface area contributed by atoms with Crippen LogP contribution in [0.1, 0.15) is 30.0 Å². The number of likely N-dealkylation sites (tertiary alicyclic amines) is 1. The average molecular weight is 379 g/mol. The number of nitrogens with zero attached hydrogens (tertiary/aromatic N) is 5. The summed E-state index contributed by atoms with van der Waals surface area (Å²) in [4.78, 5) is 9.30. The summed E-state index contributed by atoms with van der Waals surface area (Å²) in [5, 5.41) is 8.08. The topological polar surface area (TPSA) is 48.7 Å². The smallest absolute Gasteiger partial charge is 0.157 e. The van der Waals surface area contributed by atoms with Crippen LogP contribution in [0.15, 0.2) is 48.7 Å². The summed E-state index contributed by atoms with van der Waals surface area (Å²) in [7, 11) is 4.06. The molecule has 0 amide bonds. The summed E-state index contributed by atoms with van der Waals surface area (Å²) >= 11 is 0. The van der Waals surface area contributed by atoms with Crippen molar-refractivity contribution in [2.75, 3.05) is 45.2 Å². The summed E-state index contributed by atoms with van der Waals surface area (Å²) in [6, 6.07) is 15.0. The Hall–Kier alpha value is -2.44. The van der Waals surface area contributed by atoms with Gasteiger partial charge in [0, 0.05) is 51.4 Å². The summed E-state index contributed by atoms with van der Waals surface area (Å²) in [6.07, 6.45) is 4.35. The molecule has 0 aliphatic carbocycles. The lowest BCUT2D eigenvalue weighted by Crippen LogP contribution is -2.34. The predicted octanol–water partition coefficient (Wildman–Crippen LogP) is 2.76. The zero-order chi connectivity index (χ0) is 19.3. The van der Waals surface area contributed by atoms with Crippen LogP contribution in [0.3, 0.4) is 0 Å². The van der Waals surface area contributed by atoms with Gasteiger partial charge in [0.1, 0.15) is 0 Å². The van der Waals surface area contributed by atoms with Crippen molar-refractivity contribution in [3.63, 3.8) is 0 Å². The molecule has 4 rings (SSSR count). The molecular formula is C22H30N6. The van der Waals surface area contributed by atoms with Gasteiger partial charge in [0.2, 0.25) is 0 Å². The molecule has 6 heteroatoms. The van der Waals surface area contributed by atoms with Gasteiger partial charge in [0.05, 0.1) is 5.69 Å². The Morgan fingerprint density at radius 1 is 1.21 bits per heavy atom. The lowest BCUT2D eigenvalue weighted by Gasteiger charge is -2.33. The van der Waals surface area contributed by atoms with Gasteiger partial charge in [-0.05, 0) is 38.1 Å². The molecule has 1 aliphatic heterocycles. The van der Waals surface area contributed by atoms with E-state index in [2.05, 4.69) is 74.1 Å². The van der Waals surface area contributed by atoms with Crippen LogP contribution in [0.2, 0.25) is 0 Å². The van der Waals surface area contributed by atoms with E-state index in [1.807, 2.05) is 13.2 Å². The van der Waals surface area contributed by atoms with Gasteiger partial charge in [-0.25, -0.2) is 9.50 Å². The number of hydrogen-bond acceptors (Lipinski definition) is 5. The van der Waals surface area contributed by atoms with Crippen molar-refractivity contribution in [2.45, 2.75) is 25.3 Å². The quantitative estimate of drug-likeness (QED) is 0.685. The Morgan fingerprint density at radius 3 is 2.89 bits per heavy atom. The van der Waals surface area contributed by atoms with E-state index >= 15 is 0 Å². The lowest BCUT2D eigenvalue weighted by atomic mass is 9.94. The third-order valence-electron chi connectivity index (χ3n) is 5.64. The van der Waals surface area contributed by atoms with Crippen LogP contribution in [0.25, 0.3) is 5.65 Å². The second kappa shape index (κ2) is 8.71. The molecule has 0 spiro atoms. The molecule has 0 radical (unpaired) electrons. The number of fused-ring (bicyclic) bond motifs is 1. The maximum atomic E-state index is 4.88. The molecule has 148 valence electrons. The highest BCUT2D eigenvalue weighted by Crippen LogP contribution is 2.28. The molecule has 1 unspecified atom stereocenters. The Kier molecular flexibility index (Phi) is 5.88. The minimum Gasteiger partial charge on any atom is -0.357 e. The maximum Gasteiger partial charge on any atom is 0.157 e. The standard InChI is InChI=1S/C22H30N6/c1-23-12-14-26(2)22-15-21-24-11-10-20(28(21)25-22)19-9-6-13-27(17-19)16-18-7-4-3-5-8-18/h3-5,7-8,10-11,15,19,23H,6,9,12-14,16-17H2,1-2H3. The molecule has 1 saturated heterocycles. The Bertz CT molecular complexity index is 890. The molecular weight excluding hydrogens is 348 g/mol. The van der Waals surface area contributed by atoms with Gasteiger partial charge < -0.3 is 10.2 Å². The van der Waals surface area contributed by atoms with Crippen LogP contribution in [-0.4, -0.2) is 59.8 Å². The number of anilines is 1. The van der Waals surface area contributed by atoms with Crippen LogP contribution >= 0.6 is 0 Å². The third-order valence-corrected chi connectivity index (χ3v) is 5.64. The van der Waals surface area contributed by atoms with Crippen molar-refractivity contribution in [2.24, 2.45) is 0 Å². The molecule has 1 fully saturated rings. The SMILES string of the molecule is CNCCN(C)c1cc2nccc(C3CCCN(Cc4ccccc4)C3)n2n1. The van der Waals surface area contributed by atoms with Crippen molar-refractivity contribution in [1.29, 1.82) is 0 Å². The van der Waals surface area contributed by atoms with Crippen molar-refractivity contribution < 1.29 is 0 Å². The minimum absolute atomic E-state index is 0.485. The van der Waals surface area contributed by atoms with E-state index in [-0.39, 0.29) is 0 Å². The number of rotatable bonds is 7. The highest BCUT2D eigenvalue weighted by Gasteiger charge is 2.24. The molecule has 28 heavy (non-hydrogen) atoms. The van der Waals surface area contributed by atoms with Gasteiger partial charge in [-0.3, -0.25) is 4.90 Å². The van der Waals surface area contributed by atoms with Crippen molar-refractivity contribution in [1.82, 2.24) is 24.8 Å². The monoisotopic (exact) mass is 378 g/mol. The Morgan fingerprint density at radius 2 is 2.07 bits per heavy atom. The number of aromatic nitrogens is 3. The maximum absolute atomic E-state index is 4.88. The fraction of sp³-hybridized carbons (Fsp3) is 0.455. The summed E-state index contributed by atoms with van der Waals surface area (Å²) in [6.45, 7) is 5.10. The van der Waals surface area contributed by atoms with Gasteiger partial charge in [0.25, 0.3) is 0 Å². The van der Waals surface area contributed by atoms with E-state index < -0.39 is 0 Å². The molecule has 3 aromatic rings. The fourth-order valence-electron chi connectivity index (χ4n) is 4.07. The number of piperidine rings is 1. The van der Waals surface area contributed by atoms with Crippen LogP contribution in [0.4, 0.5) is 5.82 Å². The van der Waals surface area contributed by atoms with E-state index in [0.29, 0.717) is 5.92 Å². The van der Waals surface area contributed by atoms with Crippen molar-refractivity contribution in [3.8, 4) is 0 Å². The fourth-order valence-corrected chi connectivity index (χ4v) is 4.07. The van der Waals surface area contributed by atoms with Crippen LogP contribution in [0.5, 0.6) is 0 Å². The summed E-state index contributed by atoms with van der Waals surface area (Å²) < 4.78 is 2.06. The first-order valence-corrected chi connectivity index (χ1v) is 10.2. The number of likely N-dealkylation sites (N-methyl/N-ethyl adjacent to an activating group) is 2. The van der Waals surface area contributed by atoms with Crippen LogP contribution in [0, 0.1) is 0 Å².